The molecule has 1 aromatic heterocycles. The van der Waals surface area contributed by atoms with Crippen LogP contribution in [0.2, 0.25) is 0 Å². The number of carboxylic acid groups (broad SMARTS) is 1. The second-order valence-electron chi connectivity index (χ2n) is 13.6. The molecule has 2 aliphatic carbocycles. The van der Waals surface area contributed by atoms with Crippen molar-refractivity contribution in [2.45, 2.75) is 91.2 Å². The predicted octanol–water partition coefficient (Wildman–Crippen LogP) is 8.26. The highest BCUT2D eigenvalue weighted by molar-refractivity contribution is 7.74. The van der Waals surface area contributed by atoms with Gasteiger partial charge < -0.3 is 14.5 Å². The van der Waals surface area contributed by atoms with Gasteiger partial charge >= 0.3 is 5.97 Å². The Morgan fingerprint density at radius 1 is 0.889 bits per heavy atom. The number of thiophene rings is 1. The lowest BCUT2D eigenvalue weighted by atomic mass is 9.81. The van der Waals surface area contributed by atoms with Crippen LogP contribution < -0.4 is 15.5 Å². The largest absolute Gasteiger partial charge is 0.477 e. The standard InChI is InChI=1S/C37H44NO5PS/c1-26-15-17-27(18-16-26)35(39)38(33-25-32(23-24-37(2,3)4)45-34(33)36(40)41)28-19-21-29(22-20-28)43-44(42,30-11-7-5-8-12-30)31-13-9-6-10-14-31/h5-14,25-29H,15-22H2,1-4H3,(H,40,41). The van der Waals surface area contributed by atoms with Crippen LogP contribution in [-0.2, 0) is 13.9 Å². The first-order valence-electron chi connectivity index (χ1n) is 16.1. The Morgan fingerprint density at radius 3 is 1.96 bits per heavy atom. The van der Waals surface area contributed by atoms with Crippen molar-refractivity contribution in [1.29, 1.82) is 0 Å². The van der Waals surface area contributed by atoms with Gasteiger partial charge in [0.15, 0.2) is 0 Å². The van der Waals surface area contributed by atoms with Crippen LogP contribution in [-0.4, -0.2) is 29.1 Å². The zero-order valence-electron chi connectivity index (χ0n) is 26.7. The number of carboxylic acids is 1. The van der Waals surface area contributed by atoms with Gasteiger partial charge in [0.25, 0.3) is 7.37 Å². The lowest BCUT2D eigenvalue weighted by Crippen LogP contribution is -2.47. The molecular formula is C37H44NO5PS. The van der Waals surface area contributed by atoms with E-state index in [2.05, 4.69) is 18.8 Å². The van der Waals surface area contributed by atoms with Crippen LogP contribution in [0.1, 0.15) is 93.6 Å². The molecule has 8 heteroatoms. The molecule has 2 fully saturated rings. The second kappa shape index (κ2) is 14.1. The van der Waals surface area contributed by atoms with E-state index in [0.717, 1.165) is 37.0 Å². The number of rotatable bonds is 8. The van der Waals surface area contributed by atoms with Gasteiger partial charge in [-0.2, -0.15) is 0 Å². The summed E-state index contributed by atoms with van der Waals surface area (Å²) in [4.78, 5) is 29.4. The molecule has 0 radical (unpaired) electrons. The average Bonchev–Trinajstić information content (AvgIpc) is 3.46. The van der Waals surface area contributed by atoms with Gasteiger partial charge in [0.2, 0.25) is 5.91 Å². The highest BCUT2D eigenvalue weighted by atomic mass is 32.1. The normalized spacial score (nSPS) is 22.2. The topological polar surface area (TPSA) is 83.9 Å². The first-order valence-corrected chi connectivity index (χ1v) is 18.5. The molecule has 0 bridgehead atoms. The van der Waals surface area contributed by atoms with Gasteiger partial charge in [-0.1, -0.05) is 55.2 Å². The van der Waals surface area contributed by atoms with Gasteiger partial charge in [-0.05, 0) is 108 Å². The van der Waals surface area contributed by atoms with Crippen LogP contribution in [0, 0.1) is 29.1 Å². The smallest absolute Gasteiger partial charge is 0.348 e. The fraction of sp³-hybridized carbons (Fsp3) is 0.459. The van der Waals surface area contributed by atoms with Crippen molar-refractivity contribution >= 4 is 46.9 Å². The minimum Gasteiger partial charge on any atom is -0.477 e. The molecule has 0 spiro atoms. The van der Waals surface area contributed by atoms with Crippen molar-refractivity contribution in [3.8, 4) is 11.8 Å². The van der Waals surface area contributed by atoms with Gasteiger partial charge in [-0.15, -0.1) is 11.3 Å². The summed E-state index contributed by atoms with van der Waals surface area (Å²) in [6.45, 7) is 8.27. The average molecular weight is 646 g/mol. The Kier molecular flexibility index (Phi) is 10.4. The molecule has 0 atom stereocenters. The second-order valence-corrected chi connectivity index (χ2v) is 17.0. The number of anilines is 1. The summed E-state index contributed by atoms with van der Waals surface area (Å²) in [5.41, 5.74) is 0.219. The van der Waals surface area contributed by atoms with Crippen LogP contribution in [0.3, 0.4) is 0 Å². The molecule has 2 aliphatic rings. The van der Waals surface area contributed by atoms with E-state index >= 15 is 0 Å². The van der Waals surface area contributed by atoms with E-state index in [4.69, 9.17) is 4.52 Å². The lowest BCUT2D eigenvalue weighted by molar-refractivity contribution is -0.124. The van der Waals surface area contributed by atoms with Crippen LogP contribution in [0.4, 0.5) is 5.69 Å². The Labute approximate surface area is 271 Å². The van der Waals surface area contributed by atoms with Crippen molar-refractivity contribution < 1.29 is 23.8 Å². The zero-order chi connectivity index (χ0) is 32.2. The quantitative estimate of drug-likeness (QED) is 0.197. The van der Waals surface area contributed by atoms with Crippen molar-refractivity contribution in [3.63, 3.8) is 0 Å². The number of nitrogens with zero attached hydrogens (tertiary/aromatic N) is 1. The minimum absolute atomic E-state index is 0.0149. The Hall–Kier alpha value is -3.17. The number of hydrogen-bond acceptors (Lipinski definition) is 5. The molecule has 1 heterocycles. The van der Waals surface area contributed by atoms with E-state index in [0.29, 0.717) is 52.8 Å². The summed E-state index contributed by atoms with van der Waals surface area (Å²) in [5.74, 6) is 5.81. The van der Waals surface area contributed by atoms with Crippen LogP contribution in [0.5, 0.6) is 0 Å². The van der Waals surface area contributed by atoms with Crippen molar-refractivity contribution in [2.24, 2.45) is 17.3 Å². The molecule has 5 rings (SSSR count). The molecule has 0 saturated heterocycles. The van der Waals surface area contributed by atoms with Gasteiger partial charge in [-0.3, -0.25) is 9.36 Å². The van der Waals surface area contributed by atoms with Crippen molar-refractivity contribution in [2.75, 3.05) is 4.90 Å². The highest BCUT2D eigenvalue weighted by Gasteiger charge is 2.39. The third-order valence-corrected chi connectivity index (χ3v) is 12.4. The molecule has 1 N–H and O–H groups in total. The summed E-state index contributed by atoms with van der Waals surface area (Å²) in [6, 6.07) is 20.4. The Balaban J connectivity index is 1.43. The fourth-order valence-corrected chi connectivity index (χ4v) is 9.50. The lowest BCUT2D eigenvalue weighted by Gasteiger charge is -2.40. The van der Waals surface area contributed by atoms with Crippen LogP contribution >= 0.6 is 18.7 Å². The summed E-state index contributed by atoms with van der Waals surface area (Å²) in [7, 11) is -3.35. The van der Waals surface area contributed by atoms with Crippen molar-refractivity contribution in [1.82, 2.24) is 0 Å². The fourth-order valence-electron chi connectivity index (χ4n) is 6.36. The van der Waals surface area contributed by atoms with E-state index in [1.165, 1.54) is 0 Å². The van der Waals surface area contributed by atoms with Gasteiger partial charge in [0, 0.05) is 28.0 Å². The number of aromatic carboxylic acids is 1. The molecule has 2 aromatic carbocycles. The van der Waals surface area contributed by atoms with E-state index in [1.54, 1.807) is 11.0 Å². The predicted molar refractivity (Wildman–Crippen MR) is 183 cm³/mol. The Morgan fingerprint density at radius 2 is 1.44 bits per heavy atom. The maximum absolute atomic E-state index is 14.6. The first-order chi connectivity index (χ1) is 21.4. The van der Waals surface area contributed by atoms with E-state index in [1.807, 2.05) is 81.4 Å². The number of benzene rings is 2. The molecule has 0 unspecified atom stereocenters. The van der Waals surface area contributed by atoms with E-state index in [-0.39, 0.29) is 34.3 Å². The third kappa shape index (κ3) is 7.98. The maximum Gasteiger partial charge on any atom is 0.348 e. The molecule has 2 saturated carbocycles. The highest BCUT2D eigenvalue weighted by Crippen LogP contribution is 2.48. The van der Waals surface area contributed by atoms with Gasteiger partial charge in [-0.25, -0.2) is 4.79 Å². The van der Waals surface area contributed by atoms with Gasteiger partial charge in [0.05, 0.1) is 16.7 Å². The Bertz CT molecular complexity index is 1540. The number of carbonyl (C=O) groups is 2. The molecule has 238 valence electrons. The van der Waals surface area contributed by atoms with Crippen LogP contribution in [0.15, 0.2) is 66.7 Å². The summed E-state index contributed by atoms with van der Waals surface area (Å²) < 4.78 is 21.1. The van der Waals surface area contributed by atoms with Crippen LogP contribution in [0.25, 0.3) is 0 Å². The van der Waals surface area contributed by atoms with E-state index in [9.17, 15) is 19.3 Å². The third-order valence-electron chi connectivity index (χ3n) is 8.83. The summed E-state index contributed by atoms with van der Waals surface area (Å²) >= 11 is 1.14. The minimum atomic E-state index is -3.35. The molecular weight excluding hydrogens is 601 g/mol. The molecule has 45 heavy (non-hydrogen) atoms. The molecule has 1 amide bonds. The van der Waals surface area contributed by atoms with Crippen molar-refractivity contribution in [3.05, 3.63) is 76.5 Å². The van der Waals surface area contributed by atoms with Gasteiger partial charge in [0.1, 0.15) is 4.88 Å². The summed E-state index contributed by atoms with van der Waals surface area (Å²) in [6.07, 6.45) is 5.85. The SMILES string of the molecule is CC1CCC(C(=O)N(c2cc(C#CC(C)(C)C)sc2C(=O)O)C2CCC(OP(=O)(c3ccccc3)c3ccccc3)CC2)CC1. The summed E-state index contributed by atoms with van der Waals surface area (Å²) in [5, 5.41) is 11.6. The molecule has 3 aromatic rings. The molecule has 0 aliphatic heterocycles. The molecule has 6 nitrogen and oxygen atoms in total. The number of amides is 1. The van der Waals surface area contributed by atoms with E-state index < -0.39 is 13.3 Å². The maximum atomic E-state index is 14.6. The number of hydrogen-bond donors (Lipinski definition) is 1. The first kappa shape index (κ1) is 33.2. The monoisotopic (exact) mass is 645 g/mol. The zero-order valence-corrected chi connectivity index (χ0v) is 28.4. The number of carbonyl (C=O) groups excluding carboxylic acids is 1.